The molecule has 1 fully saturated rings. The maximum atomic E-state index is 5.99. The molecule has 0 atom stereocenters. The van der Waals surface area contributed by atoms with Crippen molar-refractivity contribution < 1.29 is 4.74 Å². The number of nitrogens with one attached hydrogen (secondary N) is 1. The summed E-state index contributed by atoms with van der Waals surface area (Å²) in [6.07, 6.45) is 3.70. The van der Waals surface area contributed by atoms with Gasteiger partial charge < -0.3 is 20.7 Å². The molecular formula is C18H30N4O. The molecule has 0 amide bonds. The van der Waals surface area contributed by atoms with Crippen LogP contribution in [0.3, 0.4) is 0 Å². The van der Waals surface area contributed by atoms with E-state index in [2.05, 4.69) is 22.1 Å². The Morgan fingerprint density at radius 2 is 2.09 bits per heavy atom. The molecule has 0 spiro atoms. The Balaban J connectivity index is 1.73. The van der Waals surface area contributed by atoms with Gasteiger partial charge in [0.1, 0.15) is 0 Å². The fraction of sp³-hybridized carbons (Fsp3) is 0.611. The number of piperidine rings is 1. The molecule has 1 aromatic carbocycles. The molecule has 5 heteroatoms. The summed E-state index contributed by atoms with van der Waals surface area (Å²) in [5.41, 5.74) is 8.03. The standard InChI is InChI=1S/C18H30N4O/c1-15-8-12-22(13-9-15)11-5-10-20-18(19)21-17-7-4-3-6-16(17)14-23-2/h3-4,6-7,15H,5,8-14H2,1-2H3,(H3,19,20,21). The minimum atomic E-state index is 0.473. The zero-order chi connectivity index (χ0) is 16.5. The Kier molecular flexibility index (Phi) is 7.36. The molecule has 1 aromatic rings. The van der Waals surface area contributed by atoms with Crippen LogP contribution >= 0.6 is 0 Å². The SMILES string of the molecule is COCc1ccccc1NC(N)=NCCCN1CCC(C)CC1. The maximum Gasteiger partial charge on any atom is 0.193 e. The first kappa shape index (κ1) is 17.8. The van der Waals surface area contributed by atoms with E-state index in [0.717, 1.165) is 36.7 Å². The molecule has 0 radical (unpaired) electrons. The third-order valence-corrected chi connectivity index (χ3v) is 4.37. The predicted molar refractivity (Wildman–Crippen MR) is 96.7 cm³/mol. The molecule has 128 valence electrons. The zero-order valence-corrected chi connectivity index (χ0v) is 14.4. The van der Waals surface area contributed by atoms with Crippen LogP contribution in [-0.2, 0) is 11.3 Å². The first-order chi connectivity index (χ1) is 11.2. The fourth-order valence-electron chi connectivity index (χ4n) is 2.88. The molecule has 0 bridgehead atoms. The van der Waals surface area contributed by atoms with E-state index < -0.39 is 0 Å². The largest absolute Gasteiger partial charge is 0.380 e. The number of aliphatic imine (C=N–C) groups is 1. The van der Waals surface area contributed by atoms with E-state index in [1.807, 2.05) is 24.3 Å². The van der Waals surface area contributed by atoms with Crippen molar-refractivity contribution in [1.29, 1.82) is 0 Å². The summed E-state index contributed by atoms with van der Waals surface area (Å²) in [7, 11) is 1.69. The summed E-state index contributed by atoms with van der Waals surface area (Å²) in [6, 6.07) is 7.99. The summed E-state index contributed by atoms with van der Waals surface area (Å²) >= 11 is 0. The number of likely N-dealkylation sites (tertiary alicyclic amines) is 1. The fourth-order valence-corrected chi connectivity index (χ4v) is 2.88. The van der Waals surface area contributed by atoms with Gasteiger partial charge in [0.25, 0.3) is 0 Å². The minimum absolute atomic E-state index is 0.473. The molecule has 0 aromatic heterocycles. The average Bonchev–Trinajstić information content (AvgIpc) is 2.55. The lowest BCUT2D eigenvalue weighted by molar-refractivity contribution is 0.185. The summed E-state index contributed by atoms with van der Waals surface area (Å²) in [4.78, 5) is 6.97. The Hall–Kier alpha value is -1.59. The molecule has 1 heterocycles. The third kappa shape index (κ3) is 6.20. The molecule has 1 aliphatic heterocycles. The van der Waals surface area contributed by atoms with Gasteiger partial charge in [-0.05, 0) is 50.9 Å². The van der Waals surface area contributed by atoms with Crippen LogP contribution in [0.15, 0.2) is 29.3 Å². The number of nitrogens with zero attached hydrogens (tertiary/aromatic N) is 2. The van der Waals surface area contributed by atoms with Crippen molar-refractivity contribution in [3.8, 4) is 0 Å². The number of methoxy groups -OCH3 is 1. The van der Waals surface area contributed by atoms with Crippen LogP contribution in [0, 0.1) is 5.92 Å². The Morgan fingerprint density at radius 3 is 2.83 bits per heavy atom. The van der Waals surface area contributed by atoms with E-state index in [0.29, 0.717) is 12.6 Å². The van der Waals surface area contributed by atoms with Crippen LogP contribution in [0.4, 0.5) is 5.69 Å². The normalized spacial score (nSPS) is 17.4. The van der Waals surface area contributed by atoms with Gasteiger partial charge in [-0.25, -0.2) is 0 Å². The van der Waals surface area contributed by atoms with Crippen molar-refractivity contribution >= 4 is 11.6 Å². The van der Waals surface area contributed by atoms with Gasteiger partial charge >= 0.3 is 0 Å². The molecule has 23 heavy (non-hydrogen) atoms. The van der Waals surface area contributed by atoms with Crippen LogP contribution in [0.2, 0.25) is 0 Å². The molecular weight excluding hydrogens is 288 g/mol. The predicted octanol–water partition coefficient (Wildman–Crippen LogP) is 2.68. The molecule has 1 aliphatic rings. The summed E-state index contributed by atoms with van der Waals surface area (Å²) < 4.78 is 5.20. The molecule has 5 nitrogen and oxygen atoms in total. The van der Waals surface area contributed by atoms with Crippen LogP contribution in [-0.4, -0.2) is 44.1 Å². The number of hydrogen-bond donors (Lipinski definition) is 2. The van der Waals surface area contributed by atoms with E-state index in [9.17, 15) is 0 Å². The van der Waals surface area contributed by atoms with Crippen molar-refractivity contribution in [1.82, 2.24) is 4.90 Å². The molecule has 0 saturated carbocycles. The van der Waals surface area contributed by atoms with E-state index in [1.165, 1.54) is 25.9 Å². The molecule has 3 N–H and O–H groups in total. The van der Waals surface area contributed by atoms with Crippen LogP contribution in [0.1, 0.15) is 31.7 Å². The average molecular weight is 318 g/mol. The summed E-state index contributed by atoms with van der Waals surface area (Å²) in [5.74, 6) is 1.36. The number of ether oxygens (including phenoxy) is 1. The monoisotopic (exact) mass is 318 g/mol. The number of rotatable bonds is 7. The first-order valence-electron chi connectivity index (χ1n) is 8.55. The lowest BCUT2D eigenvalue weighted by Gasteiger charge is -2.29. The summed E-state index contributed by atoms with van der Waals surface area (Å²) in [5, 5.41) is 3.17. The highest BCUT2D eigenvalue weighted by Crippen LogP contribution is 2.16. The van der Waals surface area contributed by atoms with Crippen LogP contribution in [0.5, 0.6) is 0 Å². The second-order valence-electron chi connectivity index (χ2n) is 6.36. The summed E-state index contributed by atoms with van der Waals surface area (Å²) in [6.45, 7) is 7.23. The topological polar surface area (TPSA) is 62.9 Å². The Bertz CT molecular complexity index is 496. The number of benzene rings is 1. The zero-order valence-electron chi connectivity index (χ0n) is 14.4. The maximum absolute atomic E-state index is 5.99. The minimum Gasteiger partial charge on any atom is -0.380 e. The van der Waals surface area contributed by atoms with Gasteiger partial charge in [-0.15, -0.1) is 0 Å². The highest BCUT2D eigenvalue weighted by Gasteiger charge is 2.14. The van der Waals surface area contributed by atoms with Crippen molar-refractivity contribution in [3.05, 3.63) is 29.8 Å². The van der Waals surface area contributed by atoms with Gasteiger partial charge in [0.2, 0.25) is 0 Å². The number of para-hydroxylation sites is 1. The van der Waals surface area contributed by atoms with E-state index in [4.69, 9.17) is 10.5 Å². The van der Waals surface area contributed by atoms with Gasteiger partial charge in [-0.3, -0.25) is 4.99 Å². The van der Waals surface area contributed by atoms with E-state index in [1.54, 1.807) is 7.11 Å². The van der Waals surface area contributed by atoms with Crippen molar-refractivity contribution in [3.63, 3.8) is 0 Å². The second-order valence-corrected chi connectivity index (χ2v) is 6.36. The third-order valence-electron chi connectivity index (χ3n) is 4.37. The number of anilines is 1. The van der Waals surface area contributed by atoms with Crippen LogP contribution < -0.4 is 11.1 Å². The number of hydrogen-bond acceptors (Lipinski definition) is 3. The van der Waals surface area contributed by atoms with E-state index >= 15 is 0 Å². The number of nitrogens with two attached hydrogens (primary N) is 1. The lowest BCUT2D eigenvalue weighted by atomic mass is 9.99. The highest BCUT2D eigenvalue weighted by atomic mass is 16.5. The second kappa shape index (κ2) is 9.53. The van der Waals surface area contributed by atoms with E-state index in [-0.39, 0.29) is 0 Å². The molecule has 1 saturated heterocycles. The van der Waals surface area contributed by atoms with Gasteiger partial charge in [0.15, 0.2) is 5.96 Å². The smallest absolute Gasteiger partial charge is 0.193 e. The highest BCUT2D eigenvalue weighted by molar-refractivity contribution is 5.92. The molecule has 0 unspecified atom stereocenters. The molecule has 2 rings (SSSR count). The van der Waals surface area contributed by atoms with Crippen LogP contribution in [0.25, 0.3) is 0 Å². The Labute approximate surface area is 139 Å². The van der Waals surface area contributed by atoms with Gasteiger partial charge in [0, 0.05) is 24.9 Å². The van der Waals surface area contributed by atoms with Gasteiger partial charge in [-0.1, -0.05) is 25.1 Å². The van der Waals surface area contributed by atoms with Gasteiger partial charge in [-0.2, -0.15) is 0 Å². The first-order valence-corrected chi connectivity index (χ1v) is 8.55. The quantitative estimate of drug-likeness (QED) is 0.461. The van der Waals surface area contributed by atoms with Gasteiger partial charge in [0.05, 0.1) is 6.61 Å². The van der Waals surface area contributed by atoms with Crippen molar-refractivity contribution in [2.45, 2.75) is 32.8 Å². The molecule has 0 aliphatic carbocycles. The van der Waals surface area contributed by atoms with Crippen molar-refractivity contribution in [2.75, 3.05) is 38.6 Å². The Morgan fingerprint density at radius 1 is 1.35 bits per heavy atom. The number of guanidine groups is 1. The van der Waals surface area contributed by atoms with Crippen molar-refractivity contribution in [2.24, 2.45) is 16.6 Å². The lowest BCUT2D eigenvalue weighted by Crippen LogP contribution is -2.34.